The number of nitrogens with zero attached hydrogens (tertiary/aromatic N) is 1. The number of halogens is 1. The van der Waals surface area contributed by atoms with Gasteiger partial charge in [-0.05, 0) is 61.4 Å². The molecule has 3 aromatic carbocycles. The number of anilines is 1. The van der Waals surface area contributed by atoms with E-state index < -0.39 is 10.0 Å². The minimum absolute atomic E-state index is 0.148. The first-order valence-electron chi connectivity index (χ1n) is 9.54. The quantitative estimate of drug-likeness (QED) is 0.536. The van der Waals surface area contributed by atoms with Gasteiger partial charge in [-0.3, -0.25) is 0 Å². The predicted molar refractivity (Wildman–Crippen MR) is 120 cm³/mol. The van der Waals surface area contributed by atoms with Crippen LogP contribution in [0.25, 0.3) is 0 Å². The lowest BCUT2D eigenvalue weighted by molar-refractivity contribution is 0.561. The molecule has 3 aromatic rings. The summed E-state index contributed by atoms with van der Waals surface area (Å²) in [4.78, 5) is 2.42. The molecule has 6 heteroatoms. The van der Waals surface area contributed by atoms with E-state index in [0.717, 1.165) is 23.4 Å². The fourth-order valence-electron chi connectivity index (χ4n) is 3.36. The topological polar surface area (TPSA) is 49.4 Å². The second-order valence-corrected chi connectivity index (χ2v) is 9.06. The summed E-state index contributed by atoms with van der Waals surface area (Å²) in [6.45, 7) is 5.12. The molecule has 4 nitrogen and oxygen atoms in total. The number of hydrogen-bond donors (Lipinski definition) is 1. The number of sulfonamides is 1. The first-order chi connectivity index (χ1) is 13.9. The first-order valence-corrected chi connectivity index (χ1v) is 11.4. The van der Waals surface area contributed by atoms with Gasteiger partial charge in [0.2, 0.25) is 10.0 Å². The monoisotopic (exact) mass is 428 g/mol. The van der Waals surface area contributed by atoms with Gasteiger partial charge in [0.1, 0.15) is 0 Å². The highest BCUT2D eigenvalue weighted by atomic mass is 35.5. The Morgan fingerprint density at radius 3 is 2.28 bits per heavy atom. The standard InChI is InChI=1S/C23H25ClN2O2S/c1-3-26(21-11-7-8-18(2)16-21)23(19-9-5-4-6-10-19)17-25-29(27,28)22-14-12-20(24)13-15-22/h4-16,23,25H,3,17H2,1-2H3/t23-/m1/s1. The molecule has 0 amide bonds. The van der Waals surface area contributed by atoms with Gasteiger partial charge in [0, 0.05) is 23.8 Å². The molecule has 0 saturated heterocycles. The summed E-state index contributed by atoms with van der Waals surface area (Å²) in [5, 5.41) is 0.503. The van der Waals surface area contributed by atoms with E-state index in [1.807, 2.05) is 36.4 Å². The van der Waals surface area contributed by atoms with Crippen molar-refractivity contribution in [2.24, 2.45) is 0 Å². The SMILES string of the molecule is CCN(c1cccc(C)c1)[C@H](CNS(=O)(=O)c1ccc(Cl)cc1)c1ccccc1. The lowest BCUT2D eigenvalue weighted by Crippen LogP contribution is -2.38. The molecule has 152 valence electrons. The van der Waals surface area contributed by atoms with Crippen molar-refractivity contribution in [2.75, 3.05) is 18.0 Å². The molecule has 0 fully saturated rings. The number of aryl methyl sites for hydroxylation is 1. The average Bonchev–Trinajstić information content (AvgIpc) is 2.72. The first kappa shape index (κ1) is 21.4. The van der Waals surface area contributed by atoms with Crippen LogP contribution in [0.1, 0.15) is 24.1 Å². The third kappa shape index (κ3) is 5.38. The van der Waals surface area contributed by atoms with E-state index in [9.17, 15) is 8.42 Å². The summed E-state index contributed by atoms with van der Waals surface area (Å²) in [7, 11) is -3.65. The van der Waals surface area contributed by atoms with Crippen LogP contribution < -0.4 is 9.62 Å². The maximum atomic E-state index is 12.8. The lowest BCUT2D eigenvalue weighted by Gasteiger charge is -2.33. The van der Waals surface area contributed by atoms with Gasteiger partial charge in [-0.1, -0.05) is 54.1 Å². The summed E-state index contributed by atoms with van der Waals surface area (Å²) >= 11 is 5.89. The van der Waals surface area contributed by atoms with E-state index >= 15 is 0 Å². The smallest absolute Gasteiger partial charge is 0.240 e. The zero-order chi connectivity index (χ0) is 20.9. The molecule has 0 aliphatic rings. The van der Waals surface area contributed by atoms with Crippen molar-refractivity contribution in [3.05, 3.63) is 95.0 Å². The fraction of sp³-hybridized carbons (Fsp3) is 0.217. The predicted octanol–water partition coefficient (Wildman–Crippen LogP) is 5.19. The van der Waals surface area contributed by atoms with Crippen LogP contribution in [-0.2, 0) is 10.0 Å². The molecule has 0 bridgehead atoms. The molecule has 3 rings (SSSR count). The van der Waals surface area contributed by atoms with Gasteiger partial charge in [0.05, 0.1) is 10.9 Å². The van der Waals surface area contributed by atoms with Crippen molar-refractivity contribution in [1.82, 2.24) is 4.72 Å². The second kappa shape index (κ2) is 9.44. The van der Waals surface area contributed by atoms with E-state index in [0.29, 0.717) is 5.02 Å². The Labute approximate surface area is 178 Å². The molecule has 1 N–H and O–H groups in total. The summed E-state index contributed by atoms with van der Waals surface area (Å²) in [6, 6.07) is 24.2. The van der Waals surface area contributed by atoms with Gasteiger partial charge < -0.3 is 4.90 Å². The van der Waals surface area contributed by atoms with Gasteiger partial charge in [0.15, 0.2) is 0 Å². The number of hydrogen-bond acceptors (Lipinski definition) is 3. The summed E-state index contributed by atoms with van der Waals surface area (Å²) < 4.78 is 28.4. The molecular formula is C23H25ClN2O2S. The lowest BCUT2D eigenvalue weighted by atomic mass is 10.0. The highest BCUT2D eigenvalue weighted by Crippen LogP contribution is 2.28. The van der Waals surface area contributed by atoms with Crippen LogP contribution in [0.3, 0.4) is 0 Å². The van der Waals surface area contributed by atoms with Gasteiger partial charge in [-0.2, -0.15) is 0 Å². The zero-order valence-corrected chi connectivity index (χ0v) is 18.1. The molecule has 0 heterocycles. The fourth-order valence-corrected chi connectivity index (χ4v) is 4.52. The van der Waals surface area contributed by atoms with Gasteiger partial charge in [-0.25, -0.2) is 13.1 Å². The second-order valence-electron chi connectivity index (χ2n) is 6.86. The van der Waals surface area contributed by atoms with E-state index in [1.54, 1.807) is 12.1 Å². The molecule has 0 spiro atoms. The van der Waals surface area contributed by atoms with Crippen molar-refractivity contribution in [3.8, 4) is 0 Å². The molecule has 0 saturated carbocycles. The highest BCUT2D eigenvalue weighted by Gasteiger charge is 2.23. The van der Waals surface area contributed by atoms with Gasteiger partial charge >= 0.3 is 0 Å². The van der Waals surface area contributed by atoms with Crippen molar-refractivity contribution in [3.63, 3.8) is 0 Å². The summed E-state index contributed by atoms with van der Waals surface area (Å²) in [5.74, 6) is 0. The maximum absolute atomic E-state index is 12.8. The number of benzene rings is 3. The van der Waals surface area contributed by atoms with Crippen LogP contribution in [0.5, 0.6) is 0 Å². The van der Waals surface area contributed by atoms with E-state index in [2.05, 4.69) is 41.7 Å². The molecule has 0 radical (unpaired) electrons. The van der Waals surface area contributed by atoms with Crippen molar-refractivity contribution >= 4 is 27.3 Å². The van der Waals surface area contributed by atoms with E-state index in [1.165, 1.54) is 12.1 Å². The van der Waals surface area contributed by atoms with Crippen LogP contribution in [0.2, 0.25) is 5.02 Å². The molecule has 1 atom stereocenters. The van der Waals surface area contributed by atoms with E-state index in [-0.39, 0.29) is 17.5 Å². The van der Waals surface area contributed by atoms with E-state index in [4.69, 9.17) is 11.6 Å². The largest absolute Gasteiger partial charge is 0.363 e. The molecule has 0 aromatic heterocycles. The number of likely N-dealkylation sites (N-methyl/N-ethyl adjacent to an activating group) is 1. The Morgan fingerprint density at radius 1 is 0.966 bits per heavy atom. The highest BCUT2D eigenvalue weighted by molar-refractivity contribution is 7.89. The molecular weight excluding hydrogens is 404 g/mol. The van der Waals surface area contributed by atoms with Crippen LogP contribution in [0, 0.1) is 6.92 Å². The van der Waals surface area contributed by atoms with Crippen LogP contribution >= 0.6 is 11.6 Å². The number of rotatable bonds is 8. The van der Waals surface area contributed by atoms with Crippen molar-refractivity contribution < 1.29 is 8.42 Å². The Kier molecular flexibility index (Phi) is 6.96. The Balaban J connectivity index is 1.91. The Bertz CT molecular complexity index is 1040. The Hall–Kier alpha value is -2.34. The minimum atomic E-state index is -3.65. The molecule has 0 aliphatic heterocycles. The van der Waals surface area contributed by atoms with Crippen molar-refractivity contribution in [1.29, 1.82) is 0 Å². The molecule has 0 aliphatic carbocycles. The maximum Gasteiger partial charge on any atom is 0.240 e. The minimum Gasteiger partial charge on any atom is -0.363 e. The van der Waals surface area contributed by atoms with Crippen LogP contribution in [0.4, 0.5) is 5.69 Å². The summed E-state index contributed by atoms with van der Waals surface area (Å²) in [6.07, 6.45) is 0. The molecule has 0 unspecified atom stereocenters. The molecule has 29 heavy (non-hydrogen) atoms. The van der Waals surface area contributed by atoms with Gasteiger partial charge in [0.25, 0.3) is 0 Å². The zero-order valence-electron chi connectivity index (χ0n) is 16.5. The van der Waals surface area contributed by atoms with Crippen LogP contribution in [0.15, 0.2) is 83.8 Å². The number of nitrogens with one attached hydrogen (secondary N) is 1. The average molecular weight is 429 g/mol. The third-order valence-corrected chi connectivity index (χ3v) is 6.52. The normalized spacial score (nSPS) is 12.5. The van der Waals surface area contributed by atoms with Crippen molar-refractivity contribution in [2.45, 2.75) is 24.8 Å². The van der Waals surface area contributed by atoms with Gasteiger partial charge in [-0.15, -0.1) is 0 Å². The Morgan fingerprint density at radius 2 is 1.66 bits per heavy atom. The third-order valence-electron chi connectivity index (χ3n) is 4.83. The summed E-state index contributed by atoms with van der Waals surface area (Å²) in [5.41, 5.74) is 3.27. The van der Waals surface area contributed by atoms with Crippen LogP contribution in [-0.4, -0.2) is 21.5 Å².